The van der Waals surface area contributed by atoms with Crippen LogP contribution in [0.5, 0.6) is 0 Å². The number of aryl methyl sites for hydroxylation is 2. The molecular formula is C11H15NO2. The van der Waals surface area contributed by atoms with E-state index in [0.29, 0.717) is 11.3 Å². The van der Waals surface area contributed by atoms with Crippen LogP contribution in [0.3, 0.4) is 0 Å². The summed E-state index contributed by atoms with van der Waals surface area (Å²) in [5.41, 5.74) is 2.02. The zero-order valence-electron chi connectivity index (χ0n) is 8.58. The maximum Gasteiger partial charge on any atom is 0.337 e. The number of carbonyl (C=O) groups is 1. The van der Waals surface area contributed by atoms with Gasteiger partial charge in [-0.1, -0.05) is 20.3 Å². The van der Waals surface area contributed by atoms with Gasteiger partial charge in [0.15, 0.2) is 0 Å². The Labute approximate surface area is 83.8 Å². The van der Waals surface area contributed by atoms with Gasteiger partial charge in [0.2, 0.25) is 0 Å². The van der Waals surface area contributed by atoms with Crippen molar-refractivity contribution in [3.63, 3.8) is 0 Å². The van der Waals surface area contributed by atoms with E-state index < -0.39 is 5.97 Å². The first-order valence-corrected chi connectivity index (χ1v) is 4.90. The summed E-state index contributed by atoms with van der Waals surface area (Å²) in [5, 5.41) is 8.97. The van der Waals surface area contributed by atoms with Crippen LogP contribution in [0.15, 0.2) is 12.3 Å². The number of pyridine rings is 1. The lowest BCUT2D eigenvalue weighted by Crippen LogP contribution is -2.06. The summed E-state index contributed by atoms with van der Waals surface area (Å²) in [7, 11) is 0. The monoisotopic (exact) mass is 193 g/mol. The minimum absolute atomic E-state index is 0.353. The largest absolute Gasteiger partial charge is 0.478 e. The Morgan fingerprint density at radius 1 is 1.50 bits per heavy atom. The van der Waals surface area contributed by atoms with Crippen LogP contribution in [0, 0.1) is 0 Å². The molecule has 0 aliphatic carbocycles. The Balaban J connectivity index is 3.10. The third-order valence-corrected chi connectivity index (χ3v) is 2.15. The molecule has 1 rings (SSSR count). The molecule has 1 aromatic rings. The fraction of sp³-hybridized carbons (Fsp3) is 0.455. The Morgan fingerprint density at radius 3 is 2.71 bits per heavy atom. The van der Waals surface area contributed by atoms with E-state index in [1.165, 1.54) is 0 Å². The lowest BCUT2D eigenvalue weighted by Gasteiger charge is -2.05. The van der Waals surface area contributed by atoms with Gasteiger partial charge in [-0.3, -0.25) is 4.98 Å². The Morgan fingerprint density at radius 2 is 2.21 bits per heavy atom. The molecule has 1 aromatic heterocycles. The first-order chi connectivity index (χ1) is 6.69. The summed E-state index contributed by atoms with van der Waals surface area (Å²) < 4.78 is 0. The van der Waals surface area contributed by atoms with Crippen molar-refractivity contribution >= 4 is 5.97 Å². The van der Waals surface area contributed by atoms with E-state index in [-0.39, 0.29) is 0 Å². The molecule has 3 heteroatoms. The second-order valence-electron chi connectivity index (χ2n) is 3.25. The van der Waals surface area contributed by atoms with Gasteiger partial charge in [-0.05, 0) is 24.5 Å². The summed E-state index contributed by atoms with van der Waals surface area (Å²) in [4.78, 5) is 15.1. The molecule has 0 radical (unpaired) electrons. The number of aromatic nitrogens is 1. The average Bonchev–Trinajstić information content (AvgIpc) is 2.18. The minimum atomic E-state index is -0.878. The smallest absolute Gasteiger partial charge is 0.337 e. The van der Waals surface area contributed by atoms with Crippen LogP contribution in [-0.4, -0.2) is 16.1 Å². The highest BCUT2D eigenvalue weighted by molar-refractivity contribution is 5.89. The van der Waals surface area contributed by atoms with Crippen LogP contribution in [-0.2, 0) is 12.8 Å². The molecule has 0 fully saturated rings. The number of rotatable bonds is 4. The van der Waals surface area contributed by atoms with Crippen molar-refractivity contribution in [2.75, 3.05) is 0 Å². The van der Waals surface area contributed by atoms with E-state index in [0.717, 1.165) is 24.8 Å². The van der Waals surface area contributed by atoms with Crippen molar-refractivity contribution in [2.24, 2.45) is 0 Å². The number of hydrogen-bond donors (Lipinski definition) is 1. The average molecular weight is 193 g/mol. The van der Waals surface area contributed by atoms with Crippen molar-refractivity contribution in [1.29, 1.82) is 0 Å². The molecule has 0 aliphatic rings. The lowest BCUT2D eigenvalue weighted by atomic mass is 10.1. The van der Waals surface area contributed by atoms with E-state index in [1.807, 2.05) is 13.8 Å². The zero-order chi connectivity index (χ0) is 10.6. The highest BCUT2D eigenvalue weighted by Crippen LogP contribution is 2.11. The van der Waals surface area contributed by atoms with Crippen molar-refractivity contribution in [3.05, 3.63) is 29.1 Å². The fourth-order valence-electron chi connectivity index (χ4n) is 1.35. The van der Waals surface area contributed by atoms with E-state index >= 15 is 0 Å². The highest BCUT2D eigenvalue weighted by atomic mass is 16.4. The molecule has 0 aliphatic heterocycles. The third-order valence-electron chi connectivity index (χ3n) is 2.15. The summed E-state index contributed by atoms with van der Waals surface area (Å²) in [6, 6.07) is 1.72. The summed E-state index contributed by atoms with van der Waals surface area (Å²) in [6.45, 7) is 4.00. The normalized spacial score (nSPS) is 10.1. The van der Waals surface area contributed by atoms with Gasteiger partial charge in [0, 0.05) is 6.20 Å². The Hall–Kier alpha value is -1.38. The molecule has 3 nitrogen and oxygen atoms in total. The molecule has 0 bridgehead atoms. The van der Waals surface area contributed by atoms with E-state index in [2.05, 4.69) is 4.98 Å². The van der Waals surface area contributed by atoms with Crippen molar-refractivity contribution in [3.8, 4) is 0 Å². The molecule has 0 aromatic carbocycles. The number of hydrogen-bond acceptors (Lipinski definition) is 2. The molecule has 0 atom stereocenters. The van der Waals surface area contributed by atoms with Gasteiger partial charge in [-0.2, -0.15) is 0 Å². The van der Waals surface area contributed by atoms with Gasteiger partial charge in [-0.25, -0.2) is 4.79 Å². The predicted octanol–water partition coefficient (Wildman–Crippen LogP) is 2.29. The van der Waals surface area contributed by atoms with E-state index in [4.69, 9.17) is 5.11 Å². The van der Waals surface area contributed by atoms with Gasteiger partial charge < -0.3 is 5.11 Å². The minimum Gasteiger partial charge on any atom is -0.478 e. The van der Waals surface area contributed by atoms with Gasteiger partial charge in [0.05, 0.1) is 11.3 Å². The first-order valence-electron chi connectivity index (χ1n) is 4.90. The molecule has 76 valence electrons. The van der Waals surface area contributed by atoms with Crippen LogP contribution < -0.4 is 0 Å². The molecule has 14 heavy (non-hydrogen) atoms. The first kappa shape index (κ1) is 10.7. The quantitative estimate of drug-likeness (QED) is 0.798. The molecule has 1 N–H and O–H groups in total. The molecule has 0 spiro atoms. The topological polar surface area (TPSA) is 50.2 Å². The van der Waals surface area contributed by atoms with E-state index in [9.17, 15) is 4.79 Å². The summed E-state index contributed by atoms with van der Waals surface area (Å²) in [6.07, 6.45) is 4.22. The molecule has 0 amide bonds. The second kappa shape index (κ2) is 4.74. The molecular weight excluding hydrogens is 178 g/mol. The molecule has 0 saturated carbocycles. The third kappa shape index (κ3) is 2.31. The molecule has 0 saturated heterocycles. The number of carboxylic acids is 1. The maximum absolute atomic E-state index is 10.9. The Bertz CT molecular complexity index is 334. The van der Waals surface area contributed by atoms with Crippen molar-refractivity contribution < 1.29 is 9.90 Å². The molecule has 0 unspecified atom stereocenters. The number of aromatic carboxylic acids is 1. The van der Waals surface area contributed by atoms with Crippen LogP contribution in [0.25, 0.3) is 0 Å². The fourth-order valence-corrected chi connectivity index (χ4v) is 1.35. The SMILES string of the molecule is CCCc1ncc(CC)cc1C(=O)O. The standard InChI is InChI=1S/C11H15NO2/c1-3-5-10-9(11(13)14)6-8(4-2)7-12-10/h6-7H,3-5H2,1-2H3,(H,13,14). The van der Waals surface area contributed by atoms with Crippen LogP contribution in [0.1, 0.15) is 41.9 Å². The summed E-state index contributed by atoms with van der Waals surface area (Å²) in [5.74, 6) is -0.878. The van der Waals surface area contributed by atoms with Crippen LogP contribution in [0.2, 0.25) is 0 Å². The second-order valence-corrected chi connectivity index (χ2v) is 3.25. The van der Waals surface area contributed by atoms with Crippen molar-refractivity contribution in [1.82, 2.24) is 4.98 Å². The number of carboxylic acid groups (broad SMARTS) is 1. The van der Waals surface area contributed by atoms with Crippen LogP contribution in [0.4, 0.5) is 0 Å². The van der Waals surface area contributed by atoms with Gasteiger partial charge in [0.25, 0.3) is 0 Å². The maximum atomic E-state index is 10.9. The number of nitrogens with zero attached hydrogens (tertiary/aromatic N) is 1. The zero-order valence-corrected chi connectivity index (χ0v) is 8.58. The van der Waals surface area contributed by atoms with Crippen molar-refractivity contribution in [2.45, 2.75) is 33.1 Å². The predicted molar refractivity (Wildman–Crippen MR) is 54.6 cm³/mol. The van der Waals surface area contributed by atoms with Gasteiger partial charge >= 0.3 is 5.97 Å². The molecule has 1 heterocycles. The Kier molecular flexibility index (Phi) is 3.63. The summed E-state index contributed by atoms with van der Waals surface area (Å²) >= 11 is 0. The van der Waals surface area contributed by atoms with Crippen LogP contribution >= 0.6 is 0 Å². The highest BCUT2D eigenvalue weighted by Gasteiger charge is 2.10. The van der Waals surface area contributed by atoms with Gasteiger partial charge in [0.1, 0.15) is 0 Å². The van der Waals surface area contributed by atoms with E-state index in [1.54, 1.807) is 12.3 Å². The lowest BCUT2D eigenvalue weighted by molar-refractivity contribution is 0.0695. The van der Waals surface area contributed by atoms with Gasteiger partial charge in [-0.15, -0.1) is 0 Å².